The number of anilines is 1. The standard InChI is InChI=1S/C13H17N5O4/c1-13(2-3-13)11(20)22-5-4-21-7-18-6-15-8-9(18)16-12(14)17-10(8)19/h6H,2-5,7H2,1H3,(H3,14,16,17,19). The molecule has 3 N–H and O–H groups in total. The second kappa shape index (κ2) is 5.41. The summed E-state index contributed by atoms with van der Waals surface area (Å²) in [6.45, 7) is 2.50. The number of ether oxygens (including phenoxy) is 2. The Hall–Kier alpha value is -2.42. The zero-order chi connectivity index (χ0) is 15.7. The van der Waals surface area contributed by atoms with Gasteiger partial charge in [0, 0.05) is 0 Å². The molecule has 118 valence electrons. The molecule has 0 unspecified atom stereocenters. The van der Waals surface area contributed by atoms with E-state index in [1.807, 2.05) is 6.92 Å². The molecular weight excluding hydrogens is 290 g/mol. The Morgan fingerprint density at radius 2 is 2.23 bits per heavy atom. The van der Waals surface area contributed by atoms with E-state index in [2.05, 4.69) is 15.0 Å². The van der Waals surface area contributed by atoms with E-state index in [9.17, 15) is 9.90 Å². The van der Waals surface area contributed by atoms with Crippen molar-refractivity contribution in [3.05, 3.63) is 6.33 Å². The Labute approximate surface area is 126 Å². The lowest BCUT2D eigenvalue weighted by molar-refractivity contribution is -0.151. The predicted molar refractivity (Wildman–Crippen MR) is 75.7 cm³/mol. The molecule has 1 fully saturated rings. The third-order valence-corrected chi connectivity index (χ3v) is 3.65. The third kappa shape index (κ3) is 2.80. The minimum absolute atomic E-state index is 0.0432. The van der Waals surface area contributed by atoms with Crippen molar-refractivity contribution in [3.8, 4) is 5.88 Å². The van der Waals surface area contributed by atoms with Gasteiger partial charge in [-0.05, 0) is 19.8 Å². The van der Waals surface area contributed by atoms with Crippen LogP contribution in [0.5, 0.6) is 5.88 Å². The van der Waals surface area contributed by atoms with Gasteiger partial charge in [0.2, 0.25) is 11.8 Å². The van der Waals surface area contributed by atoms with Gasteiger partial charge in [-0.3, -0.25) is 9.36 Å². The number of nitrogen functional groups attached to an aromatic ring is 1. The van der Waals surface area contributed by atoms with Gasteiger partial charge in [0.05, 0.1) is 18.3 Å². The van der Waals surface area contributed by atoms with Crippen LogP contribution in [0.3, 0.4) is 0 Å². The molecule has 0 amide bonds. The lowest BCUT2D eigenvalue weighted by Crippen LogP contribution is -2.18. The molecule has 2 heterocycles. The van der Waals surface area contributed by atoms with Crippen molar-refractivity contribution in [2.75, 3.05) is 18.9 Å². The monoisotopic (exact) mass is 307 g/mol. The van der Waals surface area contributed by atoms with Gasteiger partial charge < -0.3 is 20.3 Å². The van der Waals surface area contributed by atoms with Gasteiger partial charge in [-0.25, -0.2) is 4.98 Å². The summed E-state index contributed by atoms with van der Waals surface area (Å²) in [5.41, 5.74) is 5.84. The molecule has 1 aliphatic carbocycles. The first-order valence-electron chi connectivity index (χ1n) is 6.92. The molecule has 3 rings (SSSR count). The number of esters is 1. The molecule has 0 aliphatic heterocycles. The molecule has 22 heavy (non-hydrogen) atoms. The van der Waals surface area contributed by atoms with E-state index in [0.29, 0.717) is 5.65 Å². The summed E-state index contributed by atoms with van der Waals surface area (Å²) in [6.07, 6.45) is 3.24. The minimum atomic E-state index is -0.285. The van der Waals surface area contributed by atoms with E-state index in [0.717, 1.165) is 12.8 Å². The van der Waals surface area contributed by atoms with E-state index < -0.39 is 0 Å². The summed E-state index contributed by atoms with van der Waals surface area (Å²) in [4.78, 5) is 23.2. The Kier molecular flexibility index (Phi) is 3.57. The van der Waals surface area contributed by atoms with Crippen molar-refractivity contribution in [2.24, 2.45) is 5.41 Å². The number of carbonyl (C=O) groups excluding carboxylic acids is 1. The topological polar surface area (TPSA) is 125 Å². The molecule has 9 nitrogen and oxygen atoms in total. The smallest absolute Gasteiger partial charge is 0.311 e. The molecule has 0 radical (unpaired) electrons. The van der Waals surface area contributed by atoms with Gasteiger partial charge in [-0.2, -0.15) is 9.97 Å². The highest BCUT2D eigenvalue weighted by atomic mass is 16.6. The summed E-state index contributed by atoms with van der Waals surface area (Å²) in [7, 11) is 0. The number of hydrogen-bond acceptors (Lipinski definition) is 8. The number of rotatable bonds is 6. The Balaban J connectivity index is 1.51. The summed E-state index contributed by atoms with van der Waals surface area (Å²) in [5, 5.41) is 9.61. The van der Waals surface area contributed by atoms with Crippen LogP contribution in [-0.4, -0.2) is 43.8 Å². The molecule has 9 heteroatoms. The fraction of sp³-hybridized carbons (Fsp3) is 0.538. The number of hydrogen-bond donors (Lipinski definition) is 2. The molecule has 0 saturated heterocycles. The van der Waals surface area contributed by atoms with E-state index >= 15 is 0 Å². The predicted octanol–water partition coefficient (Wildman–Crippen LogP) is 0.431. The Morgan fingerprint density at radius 1 is 1.45 bits per heavy atom. The highest BCUT2D eigenvalue weighted by Gasteiger charge is 2.46. The number of imidazole rings is 1. The van der Waals surface area contributed by atoms with Crippen LogP contribution < -0.4 is 5.73 Å². The number of carbonyl (C=O) groups is 1. The van der Waals surface area contributed by atoms with Gasteiger partial charge in [-0.15, -0.1) is 0 Å². The molecule has 1 saturated carbocycles. The molecule has 2 aromatic heterocycles. The highest BCUT2D eigenvalue weighted by molar-refractivity contribution is 5.79. The van der Waals surface area contributed by atoms with Crippen LogP contribution >= 0.6 is 0 Å². The molecular formula is C13H17N5O4. The number of aromatic hydroxyl groups is 1. The summed E-state index contributed by atoms with van der Waals surface area (Å²) >= 11 is 0. The van der Waals surface area contributed by atoms with E-state index in [1.54, 1.807) is 4.57 Å². The summed E-state index contributed by atoms with van der Waals surface area (Å²) in [6, 6.07) is 0. The van der Waals surface area contributed by atoms with Crippen molar-refractivity contribution < 1.29 is 19.4 Å². The number of fused-ring (bicyclic) bond motifs is 1. The van der Waals surface area contributed by atoms with Gasteiger partial charge in [0.1, 0.15) is 13.3 Å². The van der Waals surface area contributed by atoms with E-state index in [-0.39, 0.29) is 48.7 Å². The third-order valence-electron chi connectivity index (χ3n) is 3.65. The van der Waals surface area contributed by atoms with Gasteiger partial charge in [0.15, 0.2) is 11.2 Å². The maximum absolute atomic E-state index is 11.6. The normalized spacial score (nSPS) is 15.9. The van der Waals surface area contributed by atoms with Crippen molar-refractivity contribution >= 4 is 23.1 Å². The Morgan fingerprint density at radius 3 is 2.95 bits per heavy atom. The largest absolute Gasteiger partial charge is 0.492 e. The minimum Gasteiger partial charge on any atom is -0.492 e. The van der Waals surface area contributed by atoms with Crippen LogP contribution in [0, 0.1) is 5.41 Å². The maximum Gasteiger partial charge on any atom is 0.311 e. The van der Waals surface area contributed by atoms with E-state index in [4.69, 9.17) is 15.2 Å². The lowest BCUT2D eigenvalue weighted by atomic mass is 10.1. The number of nitrogens with two attached hydrogens (primary N) is 1. The molecule has 0 atom stereocenters. The molecule has 0 bridgehead atoms. The first-order chi connectivity index (χ1) is 10.5. The molecule has 1 aliphatic rings. The quantitative estimate of drug-likeness (QED) is 0.581. The zero-order valence-corrected chi connectivity index (χ0v) is 12.2. The van der Waals surface area contributed by atoms with Crippen LogP contribution in [-0.2, 0) is 21.0 Å². The SMILES string of the molecule is CC1(C(=O)OCCOCn2cnc3c(O)nc(N)nc32)CC1. The maximum atomic E-state index is 11.6. The van der Waals surface area contributed by atoms with Gasteiger partial charge >= 0.3 is 5.97 Å². The fourth-order valence-corrected chi connectivity index (χ4v) is 1.96. The fourth-order valence-electron chi connectivity index (χ4n) is 1.96. The second-order valence-electron chi connectivity index (χ2n) is 5.53. The van der Waals surface area contributed by atoms with Crippen LogP contribution in [0.1, 0.15) is 19.8 Å². The average molecular weight is 307 g/mol. The Bertz CT molecular complexity index is 710. The van der Waals surface area contributed by atoms with Crippen molar-refractivity contribution in [1.29, 1.82) is 0 Å². The van der Waals surface area contributed by atoms with Crippen molar-refractivity contribution in [2.45, 2.75) is 26.5 Å². The number of nitrogens with zero attached hydrogens (tertiary/aromatic N) is 4. The average Bonchev–Trinajstić information content (AvgIpc) is 3.09. The number of aromatic nitrogens is 4. The first-order valence-corrected chi connectivity index (χ1v) is 6.92. The zero-order valence-electron chi connectivity index (χ0n) is 12.2. The van der Waals surface area contributed by atoms with Crippen LogP contribution in [0.4, 0.5) is 5.95 Å². The summed E-state index contributed by atoms with van der Waals surface area (Å²) < 4.78 is 12.1. The first kappa shape index (κ1) is 14.5. The van der Waals surface area contributed by atoms with Gasteiger partial charge in [0.25, 0.3) is 0 Å². The van der Waals surface area contributed by atoms with Crippen molar-refractivity contribution in [1.82, 2.24) is 19.5 Å². The molecule has 2 aromatic rings. The highest BCUT2D eigenvalue weighted by Crippen LogP contribution is 2.45. The van der Waals surface area contributed by atoms with Crippen LogP contribution in [0.2, 0.25) is 0 Å². The van der Waals surface area contributed by atoms with Crippen LogP contribution in [0.15, 0.2) is 6.33 Å². The molecule has 0 spiro atoms. The second-order valence-corrected chi connectivity index (χ2v) is 5.53. The lowest BCUT2D eigenvalue weighted by Gasteiger charge is -2.10. The van der Waals surface area contributed by atoms with E-state index in [1.165, 1.54) is 6.33 Å². The summed E-state index contributed by atoms with van der Waals surface area (Å²) in [5.74, 6) is -0.485. The molecule has 0 aromatic carbocycles. The van der Waals surface area contributed by atoms with Crippen LogP contribution in [0.25, 0.3) is 11.2 Å². The van der Waals surface area contributed by atoms with Crippen molar-refractivity contribution in [3.63, 3.8) is 0 Å². The van der Waals surface area contributed by atoms with Gasteiger partial charge in [-0.1, -0.05) is 0 Å².